The second-order valence-electron chi connectivity index (χ2n) is 7.68. The van der Waals surface area contributed by atoms with Crippen LogP contribution in [0.2, 0.25) is 0 Å². The van der Waals surface area contributed by atoms with Gasteiger partial charge >= 0.3 is 5.97 Å². The van der Waals surface area contributed by atoms with Gasteiger partial charge in [-0.3, -0.25) is 4.79 Å². The molecule has 148 valence electrons. The summed E-state index contributed by atoms with van der Waals surface area (Å²) in [5.41, 5.74) is 2.37. The van der Waals surface area contributed by atoms with Crippen LogP contribution >= 0.6 is 0 Å². The quantitative estimate of drug-likeness (QED) is 0.410. The summed E-state index contributed by atoms with van der Waals surface area (Å²) >= 11 is 0. The first-order valence-corrected chi connectivity index (χ1v) is 10.7. The molecule has 2 heteroatoms. The summed E-state index contributed by atoms with van der Waals surface area (Å²) in [6, 6.07) is 21.5. The number of hydrogen-bond acceptors (Lipinski definition) is 2. The number of carbonyl (C=O) groups excluding carboxylic acids is 1. The first-order valence-electron chi connectivity index (χ1n) is 10.7. The van der Waals surface area contributed by atoms with Crippen LogP contribution in [0.1, 0.15) is 63.0 Å². The van der Waals surface area contributed by atoms with Gasteiger partial charge in [0.25, 0.3) is 0 Å². The van der Waals surface area contributed by atoms with Gasteiger partial charge in [-0.05, 0) is 49.7 Å². The summed E-state index contributed by atoms with van der Waals surface area (Å²) in [5.74, 6) is 0.264. The van der Waals surface area contributed by atoms with Crippen LogP contribution in [0.3, 0.4) is 0 Å². The molecule has 2 nitrogen and oxygen atoms in total. The highest BCUT2D eigenvalue weighted by Crippen LogP contribution is 2.46. The highest BCUT2D eigenvalue weighted by Gasteiger charge is 2.40. The molecule has 1 aliphatic carbocycles. The smallest absolute Gasteiger partial charge is 0.305 e. The second kappa shape index (κ2) is 10.3. The largest absolute Gasteiger partial charge is 0.466 e. The average Bonchev–Trinajstić information content (AvgIpc) is 2.71. The molecule has 1 aliphatic rings. The van der Waals surface area contributed by atoms with Gasteiger partial charge < -0.3 is 4.74 Å². The molecule has 0 heterocycles. The SMILES string of the molecule is CCOC(=O)CCC(c1ccccc1)(c1ccccc1)[C@H]1/C=C\CCCCC1. The third-order valence-corrected chi connectivity index (χ3v) is 5.99. The van der Waals surface area contributed by atoms with E-state index in [-0.39, 0.29) is 11.4 Å². The summed E-state index contributed by atoms with van der Waals surface area (Å²) in [6.07, 6.45) is 12.0. The van der Waals surface area contributed by atoms with E-state index < -0.39 is 0 Å². The Bertz CT molecular complexity index is 709. The fourth-order valence-corrected chi connectivity index (χ4v) is 4.64. The summed E-state index contributed by atoms with van der Waals surface area (Å²) in [4.78, 5) is 12.3. The van der Waals surface area contributed by atoms with E-state index in [9.17, 15) is 4.79 Å². The summed E-state index contributed by atoms with van der Waals surface area (Å²) in [5, 5.41) is 0. The monoisotopic (exact) mass is 376 g/mol. The molecule has 0 aromatic heterocycles. The molecule has 1 atom stereocenters. The number of esters is 1. The van der Waals surface area contributed by atoms with Gasteiger partial charge in [0.05, 0.1) is 6.61 Å². The molecule has 28 heavy (non-hydrogen) atoms. The van der Waals surface area contributed by atoms with Crippen LogP contribution < -0.4 is 0 Å². The maximum absolute atomic E-state index is 12.3. The van der Waals surface area contributed by atoms with Gasteiger partial charge in [-0.2, -0.15) is 0 Å². The second-order valence-corrected chi connectivity index (χ2v) is 7.68. The fraction of sp³-hybridized carbons (Fsp3) is 0.423. The maximum atomic E-state index is 12.3. The Morgan fingerprint density at radius 3 is 2.21 bits per heavy atom. The highest BCUT2D eigenvalue weighted by atomic mass is 16.5. The zero-order valence-corrected chi connectivity index (χ0v) is 17.0. The lowest BCUT2D eigenvalue weighted by Crippen LogP contribution is -2.37. The molecule has 0 saturated carbocycles. The Hall–Kier alpha value is -2.35. The minimum Gasteiger partial charge on any atom is -0.466 e. The minimum absolute atomic E-state index is 0.103. The fourth-order valence-electron chi connectivity index (χ4n) is 4.64. The van der Waals surface area contributed by atoms with Crippen LogP contribution in [0, 0.1) is 5.92 Å². The molecule has 0 unspecified atom stereocenters. The first-order chi connectivity index (χ1) is 13.8. The van der Waals surface area contributed by atoms with Gasteiger partial charge in [0.2, 0.25) is 0 Å². The van der Waals surface area contributed by atoms with Crippen LogP contribution in [0.5, 0.6) is 0 Å². The third kappa shape index (κ3) is 4.73. The van der Waals surface area contributed by atoms with Gasteiger partial charge in [-0.1, -0.05) is 85.7 Å². The number of carbonyl (C=O) groups is 1. The van der Waals surface area contributed by atoms with Gasteiger partial charge in [-0.25, -0.2) is 0 Å². The summed E-state index contributed by atoms with van der Waals surface area (Å²) < 4.78 is 5.28. The topological polar surface area (TPSA) is 26.3 Å². The molecule has 2 aromatic carbocycles. The van der Waals surface area contributed by atoms with E-state index in [4.69, 9.17) is 4.74 Å². The van der Waals surface area contributed by atoms with E-state index >= 15 is 0 Å². The van der Waals surface area contributed by atoms with Gasteiger partial charge in [0.1, 0.15) is 0 Å². The summed E-state index contributed by atoms with van der Waals surface area (Å²) in [6.45, 7) is 2.31. The molecule has 0 radical (unpaired) electrons. The molecule has 0 spiro atoms. The molecule has 0 amide bonds. The zero-order chi connectivity index (χ0) is 19.7. The van der Waals surface area contributed by atoms with Crippen molar-refractivity contribution in [3.8, 4) is 0 Å². The lowest BCUT2D eigenvalue weighted by Gasteiger charge is -2.42. The molecule has 2 aromatic rings. The Kier molecular flexibility index (Phi) is 7.47. The van der Waals surface area contributed by atoms with E-state index in [2.05, 4.69) is 72.8 Å². The van der Waals surface area contributed by atoms with Crippen molar-refractivity contribution in [2.75, 3.05) is 6.61 Å². The molecule has 3 rings (SSSR count). The van der Waals surface area contributed by atoms with Crippen molar-refractivity contribution in [2.24, 2.45) is 5.92 Å². The molecule has 0 aliphatic heterocycles. The Morgan fingerprint density at radius 1 is 0.964 bits per heavy atom. The predicted octanol–water partition coefficient (Wildman–Crippen LogP) is 6.45. The number of hydrogen-bond donors (Lipinski definition) is 0. The van der Waals surface area contributed by atoms with Crippen molar-refractivity contribution in [1.29, 1.82) is 0 Å². The van der Waals surface area contributed by atoms with Crippen molar-refractivity contribution in [3.05, 3.63) is 83.9 Å². The van der Waals surface area contributed by atoms with Crippen LogP contribution in [0.15, 0.2) is 72.8 Å². The van der Waals surface area contributed by atoms with Crippen LogP contribution in [-0.4, -0.2) is 12.6 Å². The number of allylic oxidation sites excluding steroid dienone is 2. The van der Waals surface area contributed by atoms with E-state index in [0.717, 1.165) is 19.3 Å². The van der Waals surface area contributed by atoms with Gasteiger partial charge in [-0.15, -0.1) is 0 Å². The lowest BCUT2D eigenvalue weighted by atomic mass is 9.61. The third-order valence-electron chi connectivity index (χ3n) is 5.99. The predicted molar refractivity (Wildman–Crippen MR) is 115 cm³/mol. The highest BCUT2D eigenvalue weighted by molar-refractivity contribution is 5.69. The van der Waals surface area contributed by atoms with Crippen molar-refractivity contribution in [1.82, 2.24) is 0 Å². The van der Waals surface area contributed by atoms with Crippen LogP contribution in [0.4, 0.5) is 0 Å². The van der Waals surface area contributed by atoms with E-state index in [1.165, 1.54) is 30.4 Å². The summed E-state index contributed by atoms with van der Waals surface area (Å²) in [7, 11) is 0. The molecule has 0 fully saturated rings. The molecule has 0 N–H and O–H groups in total. The Balaban J connectivity index is 2.10. The average molecular weight is 377 g/mol. The Labute approximate surface area is 169 Å². The standard InChI is InChI=1S/C26H32O2/c1-2-28-25(27)20-21-26(23-16-10-6-11-17-23,24-18-12-7-13-19-24)22-14-8-4-3-5-9-15-22/h6-8,10-14,16-19,22H,2-5,9,15,20-21H2,1H3/b14-8-/t22-/m0/s1. The van der Waals surface area contributed by atoms with Crippen molar-refractivity contribution in [3.63, 3.8) is 0 Å². The normalized spacial score (nSPS) is 18.7. The lowest BCUT2D eigenvalue weighted by molar-refractivity contribution is -0.143. The van der Waals surface area contributed by atoms with Crippen molar-refractivity contribution >= 4 is 5.97 Å². The van der Waals surface area contributed by atoms with Gasteiger partial charge in [0, 0.05) is 11.8 Å². The van der Waals surface area contributed by atoms with E-state index in [0.29, 0.717) is 18.9 Å². The molecule has 0 saturated heterocycles. The molecule has 0 bridgehead atoms. The number of rotatable bonds is 7. The Morgan fingerprint density at radius 2 is 1.61 bits per heavy atom. The van der Waals surface area contributed by atoms with Crippen molar-refractivity contribution in [2.45, 2.75) is 57.3 Å². The van der Waals surface area contributed by atoms with Crippen LogP contribution in [0.25, 0.3) is 0 Å². The molecular formula is C26H32O2. The maximum Gasteiger partial charge on any atom is 0.305 e. The van der Waals surface area contributed by atoms with E-state index in [1.54, 1.807) is 0 Å². The van der Waals surface area contributed by atoms with Crippen LogP contribution in [-0.2, 0) is 14.9 Å². The first kappa shape index (κ1) is 20.4. The zero-order valence-electron chi connectivity index (χ0n) is 17.0. The number of benzene rings is 2. The van der Waals surface area contributed by atoms with Gasteiger partial charge in [0.15, 0.2) is 0 Å². The van der Waals surface area contributed by atoms with Crippen molar-refractivity contribution < 1.29 is 9.53 Å². The minimum atomic E-state index is -0.219. The van der Waals surface area contributed by atoms with E-state index in [1.807, 2.05) is 6.92 Å². The number of ether oxygens (including phenoxy) is 1. The molecular weight excluding hydrogens is 344 g/mol.